The molecule has 0 radical (unpaired) electrons. The molecule has 1 heterocycles. The van der Waals surface area contributed by atoms with Crippen LogP contribution in [0.3, 0.4) is 0 Å². The summed E-state index contributed by atoms with van der Waals surface area (Å²) in [6.07, 6.45) is 1.09. The fraction of sp³-hybridized carbons (Fsp3) is 0.440. The van der Waals surface area contributed by atoms with Crippen molar-refractivity contribution in [3.8, 4) is 0 Å². The van der Waals surface area contributed by atoms with Crippen molar-refractivity contribution in [2.45, 2.75) is 39.3 Å². The lowest BCUT2D eigenvalue weighted by molar-refractivity contribution is -0.134. The molecule has 33 heavy (non-hydrogen) atoms. The zero-order valence-corrected chi connectivity index (χ0v) is 21.2. The van der Waals surface area contributed by atoms with Gasteiger partial charge in [0.15, 0.2) is 0 Å². The van der Waals surface area contributed by atoms with Crippen LogP contribution in [0.2, 0.25) is 15.1 Å². The second-order valence-electron chi connectivity index (χ2n) is 8.68. The van der Waals surface area contributed by atoms with E-state index in [1.165, 1.54) is 0 Å². The van der Waals surface area contributed by atoms with Gasteiger partial charge >= 0.3 is 0 Å². The highest BCUT2D eigenvalue weighted by Gasteiger charge is 2.30. The van der Waals surface area contributed by atoms with E-state index in [9.17, 15) is 9.59 Å². The average Bonchev–Trinajstić information content (AvgIpc) is 2.95. The third kappa shape index (κ3) is 7.35. The molecule has 1 fully saturated rings. The third-order valence-electron chi connectivity index (χ3n) is 5.65. The van der Waals surface area contributed by atoms with Gasteiger partial charge in [-0.1, -0.05) is 60.8 Å². The van der Waals surface area contributed by atoms with Crippen molar-refractivity contribution in [3.63, 3.8) is 0 Å². The quantitative estimate of drug-likeness (QED) is 0.440. The van der Waals surface area contributed by atoms with Gasteiger partial charge < -0.3 is 14.5 Å². The normalized spacial score (nSPS) is 15.6. The van der Waals surface area contributed by atoms with Crippen LogP contribution in [0.4, 0.5) is 0 Å². The molecule has 0 unspecified atom stereocenters. The minimum absolute atomic E-state index is 0.0354. The van der Waals surface area contributed by atoms with Crippen molar-refractivity contribution in [2.24, 2.45) is 5.92 Å². The van der Waals surface area contributed by atoms with Gasteiger partial charge in [-0.15, -0.1) is 0 Å². The van der Waals surface area contributed by atoms with Crippen LogP contribution in [0.25, 0.3) is 0 Å². The highest BCUT2D eigenvalue weighted by molar-refractivity contribution is 6.36. The molecule has 0 aliphatic carbocycles. The Morgan fingerprint density at radius 3 is 2.36 bits per heavy atom. The number of nitrogens with zero attached hydrogens (tertiary/aromatic N) is 2. The topological polar surface area (TPSA) is 49.9 Å². The molecule has 1 aliphatic heterocycles. The largest absolute Gasteiger partial charge is 0.375 e. The van der Waals surface area contributed by atoms with E-state index in [1.54, 1.807) is 23.1 Å². The van der Waals surface area contributed by atoms with Crippen LogP contribution in [0, 0.1) is 5.92 Å². The molecule has 0 N–H and O–H groups in total. The zero-order chi connectivity index (χ0) is 24.0. The van der Waals surface area contributed by atoms with Gasteiger partial charge in [-0.25, -0.2) is 0 Å². The summed E-state index contributed by atoms with van der Waals surface area (Å²) < 4.78 is 5.99. The summed E-state index contributed by atoms with van der Waals surface area (Å²) in [5.41, 5.74) is 1.42. The van der Waals surface area contributed by atoms with Crippen LogP contribution in [-0.2, 0) is 16.1 Å². The molecule has 1 aliphatic rings. The molecule has 1 atom stereocenters. The van der Waals surface area contributed by atoms with Gasteiger partial charge in [0, 0.05) is 36.1 Å². The van der Waals surface area contributed by atoms with Gasteiger partial charge in [-0.05, 0) is 48.2 Å². The van der Waals surface area contributed by atoms with E-state index < -0.39 is 0 Å². The summed E-state index contributed by atoms with van der Waals surface area (Å²) >= 11 is 18.1. The minimum Gasteiger partial charge on any atom is -0.375 e. The predicted octanol–water partition coefficient (Wildman–Crippen LogP) is 5.95. The first-order valence-corrected chi connectivity index (χ1v) is 12.2. The molecule has 0 bridgehead atoms. The lowest BCUT2D eigenvalue weighted by atomic mass is 10.0. The van der Waals surface area contributed by atoms with Crippen LogP contribution < -0.4 is 0 Å². The Labute approximate surface area is 210 Å². The van der Waals surface area contributed by atoms with E-state index in [2.05, 4.69) is 13.8 Å². The zero-order valence-electron chi connectivity index (χ0n) is 18.9. The first kappa shape index (κ1) is 25.8. The summed E-state index contributed by atoms with van der Waals surface area (Å²) in [6.45, 7) is 6.40. The molecule has 0 aromatic heterocycles. The molecule has 3 rings (SSSR count). The molecule has 0 saturated carbocycles. The number of hydrogen-bond acceptors (Lipinski definition) is 3. The van der Waals surface area contributed by atoms with Crippen LogP contribution in [-0.4, -0.2) is 53.9 Å². The van der Waals surface area contributed by atoms with Gasteiger partial charge in [-0.2, -0.15) is 0 Å². The Bertz CT molecular complexity index is 966. The highest BCUT2D eigenvalue weighted by Crippen LogP contribution is 2.24. The van der Waals surface area contributed by atoms with E-state index in [-0.39, 0.29) is 24.3 Å². The Kier molecular flexibility index (Phi) is 9.45. The SMILES string of the molecule is CC(C)C[C@@H](COCc1ccc(Cl)cc1)N1CCN(C(=O)c2ccc(Cl)cc2Cl)CCC1=O. The summed E-state index contributed by atoms with van der Waals surface area (Å²) in [5.74, 6) is 0.245. The minimum atomic E-state index is -0.189. The Morgan fingerprint density at radius 2 is 1.70 bits per heavy atom. The Balaban J connectivity index is 1.65. The summed E-state index contributed by atoms with van der Waals surface area (Å²) in [6, 6.07) is 12.3. The molecule has 8 heteroatoms. The van der Waals surface area contributed by atoms with Crippen molar-refractivity contribution in [1.82, 2.24) is 9.80 Å². The fourth-order valence-electron chi connectivity index (χ4n) is 3.98. The smallest absolute Gasteiger partial charge is 0.255 e. The first-order chi connectivity index (χ1) is 15.7. The molecule has 5 nitrogen and oxygen atoms in total. The van der Waals surface area contributed by atoms with E-state index in [4.69, 9.17) is 39.5 Å². The van der Waals surface area contributed by atoms with E-state index in [1.807, 2.05) is 29.2 Å². The molecule has 178 valence electrons. The second kappa shape index (κ2) is 12.1. The molecular formula is C25H29Cl3N2O3. The van der Waals surface area contributed by atoms with Crippen molar-refractivity contribution < 1.29 is 14.3 Å². The van der Waals surface area contributed by atoms with Gasteiger partial charge in [0.05, 0.1) is 29.8 Å². The lowest BCUT2D eigenvalue weighted by Gasteiger charge is -2.32. The number of rotatable bonds is 8. The molecule has 1 saturated heterocycles. The standard InChI is InChI=1S/C25H29Cl3N2O3/c1-17(2)13-21(16-33-15-18-3-5-19(26)6-4-18)30-12-11-29(10-9-24(30)31)25(32)22-8-7-20(27)14-23(22)28/h3-8,14,17,21H,9-13,15-16H2,1-2H3/t21-/m0/s1. The van der Waals surface area contributed by atoms with Gasteiger partial charge in [0.25, 0.3) is 5.91 Å². The van der Waals surface area contributed by atoms with Gasteiger partial charge in [-0.3, -0.25) is 9.59 Å². The molecule has 0 spiro atoms. The maximum absolute atomic E-state index is 13.0. The van der Waals surface area contributed by atoms with Gasteiger partial charge in [0.1, 0.15) is 0 Å². The van der Waals surface area contributed by atoms with Crippen molar-refractivity contribution in [3.05, 3.63) is 68.7 Å². The van der Waals surface area contributed by atoms with Crippen LogP contribution in [0.15, 0.2) is 42.5 Å². The Morgan fingerprint density at radius 1 is 1.00 bits per heavy atom. The van der Waals surface area contributed by atoms with Crippen LogP contribution >= 0.6 is 34.8 Å². The fourth-order valence-corrected chi connectivity index (χ4v) is 4.60. The first-order valence-electron chi connectivity index (χ1n) is 11.1. The lowest BCUT2D eigenvalue weighted by Crippen LogP contribution is -2.45. The van der Waals surface area contributed by atoms with Crippen LogP contribution in [0.1, 0.15) is 42.6 Å². The number of carbonyl (C=O) groups excluding carboxylic acids is 2. The molecular weight excluding hydrogens is 483 g/mol. The van der Waals surface area contributed by atoms with Crippen molar-refractivity contribution in [1.29, 1.82) is 0 Å². The maximum Gasteiger partial charge on any atom is 0.255 e. The van der Waals surface area contributed by atoms with Crippen molar-refractivity contribution in [2.75, 3.05) is 26.2 Å². The number of amides is 2. The third-order valence-corrected chi connectivity index (χ3v) is 6.45. The number of ether oxygens (including phenoxy) is 1. The summed E-state index contributed by atoms with van der Waals surface area (Å²) in [7, 11) is 0. The average molecular weight is 512 g/mol. The predicted molar refractivity (Wildman–Crippen MR) is 133 cm³/mol. The molecule has 2 aromatic carbocycles. The van der Waals surface area contributed by atoms with E-state index >= 15 is 0 Å². The van der Waals surface area contributed by atoms with Crippen molar-refractivity contribution >= 4 is 46.6 Å². The van der Waals surface area contributed by atoms with E-state index in [0.717, 1.165) is 12.0 Å². The van der Waals surface area contributed by atoms with E-state index in [0.29, 0.717) is 59.4 Å². The number of halogens is 3. The Hall–Kier alpha value is -1.79. The second-order valence-corrected chi connectivity index (χ2v) is 9.96. The molecule has 2 aromatic rings. The number of benzene rings is 2. The number of carbonyl (C=O) groups is 2. The summed E-state index contributed by atoms with van der Waals surface area (Å²) in [5, 5.41) is 1.47. The summed E-state index contributed by atoms with van der Waals surface area (Å²) in [4.78, 5) is 29.6. The maximum atomic E-state index is 13.0. The van der Waals surface area contributed by atoms with Gasteiger partial charge in [0.2, 0.25) is 5.91 Å². The monoisotopic (exact) mass is 510 g/mol. The highest BCUT2D eigenvalue weighted by atomic mass is 35.5. The number of hydrogen-bond donors (Lipinski definition) is 0. The molecule has 2 amide bonds. The van der Waals surface area contributed by atoms with Crippen LogP contribution in [0.5, 0.6) is 0 Å².